The van der Waals surface area contributed by atoms with Crippen LogP contribution in [0.5, 0.6) is 0 Å². The lowest BCUT2D eigenvalue weighted by Crippen LogP contribution is -2.68. The summed E-state index contributed by atoms with van der Waals surface area (Å²) in [4.78, 5) is 34.9. The zero-order valence-corrected chi connectivity index (χ0v) is 26.7. The van der Waals surface area contributed by atoms with Crippen molar-refractivity contribution in [2.24, 2.45) is 0 Å². The second-order valence-corrected chi connectivity index (χ2v) is 12.4. The Labute approximate surface area is 278 Å². The molecule has 0 aliphatic carbocycles. The maximum Gasteiger partial charge on any atom is 0.244 e. The van der Waals surface area contributed by atoms with Crippen LogP contribution in [0.3, 0.4) is 0 Å². The van der Waals surface area contributed by atoms with Crippen LogP contribution < -0.4 is 16.0 Å². The van der Waals surface area contributed by atoms with Crippen molar-refractivity contribution >= 4 is 29.5 Å². The Balaban J connectivity index is 1.63. The van der Waals surface area contributed by atoms with Gasteiger partial charge in [-0.15, -0.1) is 11.8 Å². The molecule has 276 valence electrons. The molecule has 20 nitrogen and oxygen atoms in total. The Bertz CT molecular complexity index is 1070. The van der Waals surface area contributed by atoms with Gasteiger partial charge >= 0.3 is 0 Å². The number of hydrogen-bond donors (Lipinski definition) is 12. The van der Waals surface area contributed by atoms with Gasteiger partial charge in [-0.05, 0) is 6.08 Å². The van der Waals surface area contributed by atoms with E-state index >= 15 is 0 Å². The van der Waals surface area contributed by atoms with E-state index in [4.69, 9.17) is 23.7 Å². The van der Waals surface area contributed by atoms with Crippen LogP contribution in [-0.4, -0.2) is 187 Å². The van der Waals surface area contributed by atoms with Crippen molar-refractivity contribution in [3.8, 4) is 0 Å². The van der Waals surface area contributed by atoms with Gasteiger partial charge in [-0.2, -0.15) is 0 Å². The molecule has 48 heavy (non-hydrogen) atoms. The average Bonchev–Trinajstić information content (AvgIpc) is 3.06. The highest BCUT2D eigenvalue weighted by molar-refractivity contribution is 7.99. The number of aliphatic hydroxyl groups is 9. The van der Waals surface area contributed by atoms with Crippen LogP contribution in [-0.2, 0) is 38.1 Å². The molecule has 3 aliphatic rings. The molecule has 0 bridgehead atoms. The third-order valence-corrected chi connectivity index (χ3v) is 8.98. The van der Waals surface area contributed by atoms with Crippen LogP contribution in [0.2, 0.25) is 0 Å². The summed E-state index contributed by atoms with van der Waals surface area (Å²) in [6.07, 6.45) is -20.2. The average molecular weight is 716 g/mol. The molecular formula is C27H45N3O17S. The summed E-state index contributed by atoms with van der Waals surface area (Å²) in [5.74, 6) is -1.44. The van der Waals surface area contributed by atoms with Gasteiger partial charge in [-0.3, -0.25) is 14.4 Å². The molecule has 0 aromatic rings. The minimum absolute atomic E-state index is 0.0511. The summed E-state index contributed by atoms with van der Waals surface area (Å²) in [6, 6.07) is -1.41. The number of thioether (sulfide) groups is 1. The van der Waals surface area contributed by atoms with Gasteiger partial charge in [0.2, 0.25) is 17.7 Å². The molecule has 0 aromatic heterocycles. The molecule has 3 fully saturated rings. The maximum absolute atomic E-state index is 12.0. The maximum atomic E-state index is 12.0. The smallest absolute Gasteiger partial charge is 0.244 e. The van der Waals surface area contributed by atoms with E-state index in [0.717, 1.165) is 24.8 Å². The zero-order valence-electron chi connectivity index (χ0n) is 25.9. The van der Waals surface area contributed by atoms with Crippen LogP contribution in [0.1, 0.15) is 13.3 Å². The number of nitrogens with one attached hydrogen (secondary N) is 3. The number of aliphatic hydroxyl groups excluding tert-OH is 9. The molecule has 0 radical (unpaired) electrons. The first-order valence-electron chi connectivity index (χ1n) is 15.0. The first-order valence-corrected chi connectivity index (χ1v) is 16.1. The van der Waals surface area contributed by atoms with E-state index in [1.165, 1.54) is 0 Å². The first kappa shape index (κ1) is 40.4. The lowest BCUT2D eigenvalue weighted by molar-refractivity contribution is -0.363. The Morgan fingerprint density at radius 1 is 0.750 bits per heavy atom. The number of amides is 3. The lowest BCUT2D eigenvalue weighted by atomic mass is 9.95. The molecule has 0 saturated carbocycles. The van der Waals surface area contributed by atoms with E-state index in [0.29, 0.717) is 0 Å². The number of rotatable bonds is 15. The Hall–Kier alpha value is -2.06. The van der Waals surface area contributed by atoms with Crippen molar-refractivity contribution in [1.29, 1.82) is 0 Å². The molecule has 12 N–H and O–H groups in total. The predicted molar refractivity (Wildman–Crippen MR) is 159 cm³/mol. The molecule has 3 aliphatic heterocycles. The summed E-state index contributed by atoms with van der Waals surface area (Å²) in [6.45, 7) is 1.94. The fourth-order valence-electron chi connectivity index (χ4n) is 5.25. The molecule has 3 heterocycles. The molecule has 3 saturated heterocycles. The van der Waals surface area contributed by atoms with Crippen molar-refractivity contribution in [3.05, 3.63) is 12.7 Å². The highest BCUT2D eigenvalue weighted by Crippen LogP contribution is 2.34. The molecular weight excluding hydrogens is 670 g/mol. The molecule has 0 aromatic carbocycles. The van der Waals surface area contributed by atoms with Crippen molar-refractivity contribution in [3.63, 3.8) is 0 Å². The third kappa shape index (κ3) is 10.0. The number of carbonyl (C=O) groups is 3. The van der Waals surface area contributed by atoms with Gasteiger partial charge in [0.1, 0.15) is 78.6 Å². The summed E-state index contributed by atoms with van der Waals surface area (Å²) >= 11 is 0.956. The fraction of sp³-hybridized carbons (Fsp3) is 0.815. The van der Waals surface area contributed by atoms with Crippen molar-refractivity contribution in [1.82, 2.24) is 16.0 Å². The van der Waals surface area contributed by atoms with Crippen LogP contribution in [0.25, 0.3) is 0 Å². The molecule has 21 heteroatoms. The summed E-state index contributed by atoms with van der Waals surface area (Å²) in [5, 5.41) is 101. The normalized spacial score (nSPS) is 40.1. The number of hydrogen-bond acceptors (Lipinski definition) is 18. The zero-order chi connectivity index (χ0) is 35.7. The Morgan fingerprint density at radius 2 is 1.31 bits per heavy atom. The van der Waals surface area contributed by atoms with E-state index in [-0.39, 0.29) is 18.8 Å². The largest absolute Gasteiger partial charge is 0.394 e. The fourth-order valence-corrected chi connectivity index (χ4v) is 6.36. The van der Waals surface area contributed by atoms with E-state index in [1.807, 2.05) is 0 Å². The molecule has 15 atom stereocenters. The van der Waals surface area contributed by atoms with Gasteiger partial charge in [-0.1, -0.05) is 6.58 Å². The standard InChI is InChI=1S/C27H45N3O17S/c1-3-14(35)28-9-29-15(36)4-5-48-27-22(42)20(40)24(13(8-33)45-27)47-26-21(41)19(39)23(12(7-32)44-26)46-25-16(30-10(2)34)18(38)17(37)11(6-31)43-25/h3,11-13,16-27,31-33,37-42H,1,4-9H2,2H3,(H,28,35)(H,29,36)(H,30,34)/t11-,12-,13-,16-,17-,18-,19-,20-,21-,22-,23+,24-,25+,26+,27+/m1/s1. The summed E-state index contributed by atoms with van der Waals surface area (Å²) in [5.41, 5.74) is -1.13. The highest BCUT2D eigenvalue weighted by atomic mass is 32.2. The second kappa shape index (κ2) is 18.8. The van der Waals surface area contributed by atoms with E-state index in [1.54, 1.807) is 0 Å². The van der Waals surface area contributed by atoms with Crippen molar-refractivity contribution in [2.75, 3.05) is 32.2 Å². The third-order valence-electron chi connectivity index (χ3n) is 7.82. The minimum atomic E-state index is -1.95. The number of ether oxygens (including phenoxy) is 5. The van der Waals surface area contributed by atoms with Crippen LogP contribution in [0.4, 0.5) is 0 Å². The number of carbonyl (C=O) groups excluding carboxylic acids is 3. The second-order valence-electron chi connectivity index (χ2n) is 11.2. The topological polar surface area (TPSA) is 316 Å². The van der Waals surface area contributed by atoms with Crippen LogP contribution >= 0.6 is 11.8 Å². The van der Waals surface area contributed by atoms with E-state index < -0.39 is 129 Å². The monoisotopic (exact) mass is 715 g/mol. The Morgan fingerprint density at radius 3 is 1.90 bits per heavy atom. The summed E-state index contributed by atoms with van der Waals surface area (Å²) in [7, 11) is 0. The van der Waals surface area contributed by atoms with Crippen LogP contribution in [0.15, 0.2) is 12.7 Å². The van der Waals surface area contributed by atoms with E-state index in [9.17, 15) is 60.3 Å². The van der Waals surface area contributed by atoms with Crippen molar-refractivity contribution in [2.45, 2.75) is 105 Å². The SMILES string of the molecule is C=CC(=O)NCNC(=O)CCS[C@@H]1O[C@H](CO)[C@@H](O[C@@H]2O[C@H](CO)[C@H](O[C@@H]3O[C@H](CO)[C@@H](O)[C@H](O)[C@H]3NC(C)=O)[C@H](O)[C@H]2O)[C@H](O)[C@H]1O. The quantitative estimate of drug-likeness (QED) is 0.0554. The minimum Gasteiger partial charge on any atom is -0.394 e. The van der Waals surface area contributed by atoms with Gasteiger partial charge in [0.05, 0.1) is 26.5 Å². The van der Waals surface area contributed by atoms with E-state index in [2.05, 4.69) is 22.5 Å². The van der Waals surface area contributed by atoms with Crippen molar-refractivity contribution < 1.29 is 84.0 Å². The first-order chi connectivity index (χ1) is 22.8. The van der Waals surface area contributed by atoms with Gasteiger partial charge < -0.3 is 85.6 Å². The molecule has 3 rings (SSSR count). The van der Waals surface area contributed by atoms with Crippen LogP contribution in [0, 0.1) is 0 Å². The van der Waals surface area contributed by atoms with Gasteiger partial charge in [0, 0.05) is 19.1 Å². The molecule has 3 amide bonds. The summed E-state index contributed by atoms with van der Waals surface area (Å²) < 4.78 is 28.2. The highest BCUT2D eigenvalue weighted by Gasteiger charge is 2.53. The van der Waals surface area contributed by atoms with Gasteiger partial charge in [0.15, 0.2) is 12.6 Å². The van der Waals surface area contributed by atoms with Gasteiger partial charge in [-0.25, -0.2) is 0 Å². The predicted octanol–water partition coefficient (Wildman–Crippen LogP) is -6.92. The molecule has 0 unspecified atom stereocenters. The Kier molecular flexibility index (Phi) is 15.8. The lowest BCUT2D eigenvalue weighted by Gasteiger charge is -2.48. The van der Waals surface area contributed by atoms with Gasteiger partial charge in [0.25, 0.3) is 0 Å². The molecule has 0 spiro atoms.